The van der Waals surface area contributed by atoms with Gasteiger partial charge in [0, 0.05) is 29.7 Å². The van der Waals surface area contributed by atoms with Gasteiger partial charge in [0.25, 0.3) is 5.78 Å². The summed E-state index contributed by atoms with van der Waals surface area (Å²) in [4.78, 5) is 40.6. The number of ketones is 1. The highest BCUT2D eigenvalue weighted by Gasteiger charge is 2.37. The molecule has 4 rings (SSSR count). The molecule has 0 radical (unpaired) electrons. The number of fused-ring (bicyclic) bond motifs is 1. The number of amides is 2. The molecular weight excluding hydrogens is 378 g/mol. The summed E-state index contributed by atoms with van der Waals surface area (Å²) < 4.78 is 0. The first kappa shape index (κ1) is 18.7. The number of benzene rings is 2. The van der Waals surface area contributed by atoms with Gasteiger partial charge in [0.05, 0.1) is 17.9 Å². The maximum absolute atomic E-state index is 12.5. The molecule has 0 aromatic heterocycles. The third-order valence-corrected chi connectivity index (χ3v) is 5.51. The zero-order valence-electron chi connectivity index (χ0n) is 15.2. The highest BCUT2D eigenvalue weighted by Crippen LogP contribution is 2.32. The first-order valence-corrected chi connectivity index (χ1v) is 9.65. The van der Waals surface area contributed by atoms with Crippen LogP contribution >= 0.6 is 11.6 Å². The van der Waals surface area contributed by atoms with Crippen LogP contribution in [0.2, 0.25) is 5.02 Å². The molecule has 0 atom stereocenters. The predicted octanol–water partition coefficient (Wildman–Crippen LogP) is 3.18. The minimum atomic E-state index is -0.527. The lowest BCUT2D eigenvalue weighted by molar-refractivity contribution is -0.121. The second kappa shape index (κ2) is 7.73. The number of hydrogen-bond acceptors (Lipinski definition) is 4. The van der Waals surface area contributed by atoms with E-state index in [0.29, 0.717) is 48.9 Å². The summed E-state index contributed by atoms with van der Waals surface area (Å²) in [5.41, 5.74) is 1.75. The summed E-state index contributed by atoms with van der Waals surface area (Å²) in [5, 5.41) is 3.39. The van der Waals surface area contributed by atoms with E-state index in [1.54, 1.807) is 12.1 Å². The van der Waals surface area contributed by atoms with Crippen molar-refractivity contribution in [3.8, 4) is 0 Å². The van der Waals surface area contributed by atoms with Gasteiger partial charge in [0.15, 0.2) is 0 Å². The second-order valence-corrected chi connectivity index (χ2v) is 7.55. The number of nitrogens with one attached hydrogen (secondary N) is 1. The molecule has 0 saturated carbocycles. The average molecular weight is 398 g/mol. The molecule has 0 bridgehead atoms. The lowest BCUT2D eigenvalue weighted by Gasteiger charge is -2.33. The Morgan fingerprint density at radius 2 is 1.79 bits per heavy atom. The van der Waals surface area contributed by atoms with Crippen LogP contribution in [0, 0.1) is 5.92 Å². The molecule has 6 nitrogen and oxygen atoms in total. The third-order valence-electron chi connectivity index (χ3n) is 5.27. The number of carbonyl (C=O) groups excluding carboxylic acids is 3. The van der Waals surface area contributed by atoms with E-state index in [1.165, 1.54) is 11.0 Å². The molecule has 2 amide bonds. The monoisotopic (exact) mass is 397 g/mol. The number of nitrogens with zero attached hydrogens (tertiary/aromatic N) is 2. The van der Waals surface area contributed by atoms with E-state index < -0.39 is 11.7 Å². The Morgan fingerprint density at radius 1 is 1.07 bits per heavy atom. The molecule has 0 unspecified atom stereocenters. The van der Waals surface area contributed by atoms with Gasteiger partial charge in [0.1, 0.15) is 0 Å². The van der Waals surface area contributed by atoms with Crippen molar-refractivity contribution in [2.75, 3.05) is 30.0 Å². The molecule has 2 aromatic rings. The molecular formula is C21H20ClN3O3. The van der Waals surface area contributed by atoms with E-state index in [0.717, 1.165) is 5.69 Å². The van der Waals surface area contributed by atoms with Gasteiger partial charge < -0.3 is 5.32 Å². The standard InChI is InChI=1S/C21H20ClN3O3/c22-15-6-7-18-17(12-15)19(26)21(28)25(18)13-24-10-8-14(9-11-24)20(27)23-16-4-2-1-3-5-16/h1-7,12,14H,8-11,13H2,(H,23,27). The van der Waals surface area contributed by atoms with Crippen molar-refractivity contribution in [3.63, 3.8) is 0 Å². The van der Waals surface area contributed by atoms with Crippen LogP contribution in [0.5, 0.6) is 0 Å². The minimum Gasteiger partial charge on any atom is -0.326 e. The third kappa shape index (κ3) is 3.66. The van der Waals surface area contributed by atoms with Crippen molar-refractivity contribution >= 4 is 40.6 Å². The predicted molar refractivity (Wildman–Crippen MR) is 108 cm³/mol. The first-order valence-electron chi connectivity index (χ1n) is 9.27. The summed E-state index contributed by atoms with van der Waals surface area (Å²) in [7, 11) is 0. The van der Waals surface area contributed by atoms with Crippen molar-refractivity contribution in [2.24, 2.45) is 5.92 Å². The van der Waals surface area contributed by atoms with Gasteiger partial charge in [-0.3, -0.25) is 24.2 Å². The van der Waals surface area contributed by atoms with Gasteiger partial charge in [-0.2, -0.15) is 0 Å². The van der Waals surface area contributed by atoms with Crippen LogP contribution in [0.4, 0.5) is 11.4 Å². The van der Waals surface area contributed by atoms with Gasteiger partial charge in [0.2, 0.25) is 5.91 Å². The van der Waals surface area contributed by atoms with Crippen molar-refractivity contribution in [3.05, 3.63) is 59.1 Å². The largest absolute Gasteiger partial charge is 0.326 e. The summed E-state index contributed by atoms with van der Waals surface area (Å²) in [5.74, 6) is -1.08. The smallest absolute Gasteiger partial charge is 0.300 e. The molecule has 1 fully saturated rings. The Balaban J connectivity index is 1.36. The number of likely N-dealkylation sites (tertiary alicyclic amines) is 1. The number of para-hydroxylation sites is 1. The Hall–Kier alpha value is -2.70. The van der Waals surface area contributed by atoms with Crippen LogP contribution in [0.1, 0.15) is 23.2 Å². The molecule has 0 spiro atoms. The molecule has 1 N–H and O–H groups in total. The highest BCUT2D eigenvalue weighted by molar-refractivity contribution is 6.52. The summed E-state index contributed by atoms with van der Waals surface area (Å²) in [6, 6.07) is 14.3. The number of hydrogen-bond donors (Lipinski definition) is 1. The summed E-state index contributed by atoms with van der Waals surface area (Å²) in [6.45, 7) is 1.72. The number of piperidine rings is 1. The van der Waals surface area contributed by atoms with E-state index in [4.69, 9.17) is 11.6 Å². The normalized spacial score (nSPS) is 17.7. The van der Waals surface area contributed by atoms with Crippen LogP contribution in [0.15, 0.2) is 48.5 Å². The van der Waals surface area contributed by atoms with Crippen molar-refractivity contribution in [1.82, 2.24) is 4.90 Å². The van der Waals surface area contributed by atoms with Gasteiger partial charge in [-0.25, -0.2) is 0 Å². The molecule has 2 heterocycles. The van der Waals surface area contributed by atoms with E-state index in [1.807, 2.05) is 30.3 Å². The van der Waals surface area contributed by atoms with Gasteiger partial charge >= 0.3 is 5.91 Å². The minimum absolute atomic E-state index is 0.0262. The number of Topliss-reactive ketones (excluding diaryl/α,β-unsaturated/α-hetero) is 1. The maximum Gasteiger partial charge on any atom is 0.300 e. The molecule has 7 heteroatoms. The van der Waals surface area contributed by atoms with Crippen molar-refractivity contribution < 1.29 is 14.4 Å². The average Bonchev–Trinajstić information content (AvgIpc) is 2.94. The lowest BCUT2D eigenvalue weighted by atomic mass is 9.96. The van der Waals surface area contributed by atoms with Gasteiger partial charge in [-0.1, -0.05) is 29.8 Å². The van der Waals surface area contributed by atoms with E-state index in [9.17, 15) is 14.4 Å². The fourth-order valence-electron chi connectivity index (χ4n) is 3.72. The molecule has 2 aliphatic rings. The molecule has 0 aliphatic carbocycles. The fourth-order valence-corrected chi connectivity index (χ4v) is 3.89. The van der Waals surface area contributed by atoms with Crippen LogP contribution in [-0.4, -0.2) is 42.3 Å². The fraction of sp³-hybridized carbons (Fsp3) is 0.286. The Morgan fingerprint density at radius 3 is 2.50 bits per heavy atom. The van der Waals surface area contributed by atoms with E-state index in [-0.39, 0.29) is 11.8 Å². The molecule has 28 heavy (non-hydrogen) atoms. The number of rotatable bonds is 4. The van der Waals surface area contributed by atoms with E-state index in [2.05, 4.69) is 10.2 Å². The summed E-state index contributed by atoms with van der Waals surface area (Å²) >= 11 is 5.95. The number of carbonyl (C=O) groups is 3. The Kier molecular flexibility index (Phi) is 5.15. The zero-order chi connectivity index (χ0) is 19.7. The lowest BCUT2D eigenvalue weighted by Crippen LogP contribution is -2.45. The number of halogens is 1. The quantitative estimate of drug-likeness (QED) is 0.804. The highest BCUT2D eigenvalue weighted by atomic mass is 35.5. The van der Waals surface area contributed by atoms with E-state index >= 15 is 0 Å². The van der Waals surface area contributed by atoms with Crippen LogP contribution in [0.3, 0.4) is 0 Å². The summed E-state index contributed by atoms with van der Waals surface area (Å²) in [6.07, 6.45) is 1.42. The maximum atomic E-state index is 12.5. The molecule has 2 aromatic carbocycles. The van der Waals surface area contributed by atoms with Crippen molar-refractivity contribution in [1.29, 1.82) is 0 Å². The van der Waals surface area contributed by atoms with Crippen LogP contribution in [0.25, 0.3) is 0 Å². The first-order chi connectivity index (χ1) is 13.5. The molecule has 144 valence electrons. The van der Waals surface area contributed by atoms with Gasteiger partial charge in [-0.15, -0.1) is 0 Å². The zero-order valence-corrected chi connectivity index (χ0v) is 16.0. The van der Waals surface area contributed by atoms with Crippen LogP contribution in [-0.2, 0) is 9.59 Å². The van der Waals surface area contributed by atoms with Crippen molar-refractivity contribution in [2.45, 2.75) is 12.8 Å². The SMILES string of the molecule is O=C1C(=O)N(CN2CCC(C(=O)Nc3ccccc3)CC2)c2ccc(Cl)cc21. The molecule has 2 aliphatic heterocycles. The Bertz CT molecular complexity index is 924. The van der Waals surface area contributed by atoms with Crippen LogP contribution < -0.4 is 10.2 Å². The topological polar surface area (TPSA) is 69.7 Å². The molecule has 1 saturated heterocycles. The second-order valence-electron chi connectivity index (χ2n) is 7.11. The van der Waals surface area contributed by atoms with Gasteiger partial charge in [-0.05, 0) is 43.2 Å². The number of anilines is 2. The Labute approximate surface area is 168 Å².